The van der Waals surface area contributed by atoms with Gasteiger partial charge in [0.05, 0.1) is 0 Å². The van der Waals surface area contributed by atoms with Gasteiger partial charge in [-0.3, -0.25) is 0 Å². The van der Waals surface area contributed by atoms with Gasteiger partial charge in [0.2, 0.25) is 0 Å². The van der Waals surface area contributed by atoms with Crippen LogP contribution >= 0.6 is 11.8 Å². The van der Waals surface area contributed by atoms with Crippen molar-refractivity contribution in [2.24, 2.45) is 0 Å². The minimum atomic E-state index is 0.627. The Labute approximate surface area is 94.6 Å². The average molecular weight is 218 g/mol. The molecule has 78 valence electrons. The molecule has 0 N–H and O–H groups in total. The molecule has 1 fully saturated rings. The molecule has 1 aliphatic rings. The predicted molar refractivity (Wildman–Crippen MR) is 65.6 cm³/mol. The second-order valence-electron chi connectivity index (χ2n) is 3.79. The van der Waals surface area contributed by atoms with Crippen LogP contribution in [0.15, 0.2) is 30.3 Å². The number of benzene rings is 1. The summed E-state index contributed by atoms with van der Waals surface area (Å²) < 4.78 is 0. The lowest BCUT2D eigenvalue weighted by Gasteiger charge is -2.08. The Kier molecular flexibility index (Phi) is 3.65. The topological polar surface area (TPSA) is 17.1 Å². The van der Waals surface area contributed by atoms with E-state index in [2.05, 4.69) is 5.94 Å². The first kappa shape index (κ1) is 10.5. The molecule has 0 spiro atoms. The van der Waals surface area contributed by atoms with E-state index in [4.69, 9.17) is 0 Å². The lowest BCUT2D eigenvalue weighted by atomic mass is 10.0. The molecule has 0 bridgehead atoms. The van der Waals surface area contributed by atoms with Crippen molar-refractivity contribution in [3.8, 4) is 0 Å². The lowest BCUT2D eigenvalue weighted by molar-refractivity contribution is 0.568. The number of hydrogen-bond acceptors (Lipinski definition) is 2. The van der Waals surface area contributed by atoms with E-state index >= 15 is 0 Å². The molecule has 1 aliphatic heterocycles. The normalized spacial score (nSPS) is 19.9. The molecular formula is C13H14OS. The highest BCUT2D eigenvalue weighted by atomic mass is 32.2. The second-order valence-corrected chi connectivity index (χ2v) is 5.19. The Hall–Kier alpha value is -0.980. The quantitative estimate of drug-likeness (QED) is 0.725. The monoisotopic (exact) mass is 218 g/mol. The molecule has 1 atom stereocenters. The van der Waals surface area contributed by atoms with Crippen LogP contribution in [0, 0.1) is 0 Å². The van der Waals surface area contributed by atoms with E-state index in [0.717, 1.165) is 17.6 Å². The molecule has 0 aliphatic carbocycles. The highest BCUT2D eigenvalue weighted by Gasteiger charge is 2.18. The molecule has 0 amide bonds. The van der Waals surface area contributed by atoms with Crippen LogP contribution in [0.3, 0.4) is 0 Å². The Morgan fingerprint density at radius 3 is 2.80 bits per heavy atom. The van der Waals surface area contributed by atoms with Gasteiger partial charge in [-0.2, -0.15) is 11.8 Å². The van der Waals surface area contributed by atoms with Crippen molar-refractivity contribution in [2.45, 2.75) is 24.5 Å². The smallest absolute Gasteiger partial charge is 0.128 e. The second kappa shape index (κ2) is 5.20. The maximum Gasteiger partial charge on any atom is 0.128 e. The molecule has 1 nitrogen and oxygen atoms in total. The zero-order chi connectivity index (χ0) is 10.5. The van der Waals surface area contributed by atoms with Crippen LogP contribution in [-0.4, -0.2) is 16.9 Å². The number of allylic oxidation sites excluding steroid dienone is 1. The maximum absolute atomic E-state index is 10.9. The molecule has 1 aromatic rings. The van der Waals surface area contributed by atoms with Crippen LogP contribution in [0.25, 0.3) is 5.57 Å². The fourth-order valence-electron chi connectivity index (χ4n) is 1.89. The van der Waals surface area contributed by atoms with E-state index in [9.17, 15) is 4.79 Å². The van der Waals surface area contributed by atoms with Crippen LogP contribution in [0.1, 0.15) is 24.8 Å². The molecule has 1 unspecified atom stereocenters. The van der Waals surface area contributed by atoms with Crippen molar-refractivity contribution in [3.05, 3.63) is 35.9 Å². The zero-order valence-corrected chi connectivity index (χ0v) is 9.43. The van der Waals surface area contributed by atoms with Gasteiger partial charge in [-0.1, -0.05) is 30.3 Å². The van der Waals surface area contributed by atoms with Crippen molar-refractivity contribution < 1.29 is 4.79 Å². The summed E-state index contributed by atoms with van der Waals surface area (Å²) in [7, 11) is 0. The van der Waals surface area contributed by atoms with Crippen LogP contribution in [-0.2, 0) is 4.79 Å². The van der Waals surface area contributed by atoms with E-state index in [0.29, 0.717) is 5.25 Å². The maximum atomic E-state index is 10.9. The third-order valence-corrected chi connectivity index (χ3v) is 4.10. The number of thioether (sulfide) groups is 1. The molecule has 1 saturated heterocycles. The van der Waals surface area contributed by atoms with Crippen molar-refractivity contribution >= 4 is 23.3 Å². The van der Waals surface area contributed by atoms with Gasteiger partial charge in [0.15, 0.2) is 0 Å². The van der Waals surface area contributed by atoms with Gasteiger partial charge in [-0.05, 0) is 30.6 Å². The Morgan fingerprint density at radius 1 is 1.40 bits per heavy atom. The summed E-state index contributed by atoms with van der Waals surface area (Å²) in [4.78, 5) is 10.9. The summed E-state index contributed by atoms with van der Waals surface area (Å²) >= 11 is 1.98. The molecule has 1 aromatic carbocycles. The lowest BCUT2D eigenvalue weighted by Crippen LogP contribution is -1.99. The first-order valence-corrected chi connectivity index (χ1v) is 6.36. The van der Waals surface area contributed by atoms with Crippen LogP contribution in [0.2, 0.25) is 0 Å². The fraction of sp³-hybridized carbons (Fsp3) is 0.385. The molecule has 0 saturated carbocycles. The average Bonchev–Trinajstić information content (AvgIpc) is 2.80. The first-order valence-electron chi connectivity index (χ1n) is 5.31. The molecule has 0 aromatic heterocycles. The minimum absolute atomic E-state index is 0.627. The number of rotatable bonds is 3. The van der Waals surface area contributed by atoms with Crippen molar-refractivity contribution in [1.29, 1.82) is 0 Å². The highest BCUT2D eigenvalue weighted by molar-refractivity contribution is 8.00. The Balaban J connectivity index is 2.08. The summed E-state index contributed by atoms with van der Waals surface area (Å²) in [5.74, 6) is 3.34. The zero-order valence-electron chi connectivity index (χ0n) is 8.61. The van der Waals surface area contributed by atoms with E-state index in [1.54, 1.807) is 0 Å². The van der Waals surface area contributed by atoms with E-state index in [-0.39, 0.29) is 0 Å². The summed E-state index contributed by atoms with van der Waals surface area (Å²) in [5, 5.41) is 0.627. The fourth-order valence-corrected chi connectivity index (χ4v) is 3.18. The first-order chi connectivity index (χ1) is 7.40. The highest BCUT2D eigenvalue weighted by Crippen LogP contribution is 2.32. The number of hydrogen-bond donors (Lipinski definition) is 0. The Morgan fingerprint density at radius 2 is 2.20 bits per heavy atom. The summed E-state index contributed by atoms with van der Waals surface area (Å²) in [6, 6.07) is 9.87. The minimum Gasteiger partial charge on any atom is -0.233 e. The van der Waals surface area contributed by atoms with Crippen molar-refractivity contribution in [1.82, 2.24) is 0 Å². The van der Waals surface area contributed by atoms with Gasteiger partial charge in [0.25, 0.3) is 0 Å². The van der Waals surface area contributed by atoms with E-state index in [1.165, 1.54) is 18.6 Å². The number of carbonyl (C=O) groups excluding carboxylic acids is 1. The van der Waals surface area contributed by atoms with Gasteiger partial charge in [0.1, 0.15) is 5.94 Å². The largest absolute Gasteiger partial charge is 0.233 e. The van der Waals surface area contributed by atoms with Crippen LogP contribution in [0.4, 0.5) is 0 Å². The van der Waals surface area contributed by atoms with E-state index in [1.807, 2.05) is 42.1 Å². The summed E-state index contributed by atoms with van der Waals surface area (Å²) in [6.45, 7) is 0. The molecule has 2 rings (SSSR count). The summed E-state index contributed by atoms with van der Waals surface area (Å²) in [5.41, 5.74) is 1.86. The standard InChI is InChI=1S/C13H14OS/c14-10-12(9-13-7-4-8-15-13)11-5-2-1-3-6-11/h1-3,5-6,13H,4,7-9H2. The molecule has 2 heteroatoms. The van der Waals surface area contributed by atoms with Gasteiger partial charge in [0, 0.05) is 10.8 Å². The Bertz CT molecular complexity index is 359. The third-order valence-electron chi connectivity index (χ3n) is 2.70. The van der Waals surface area contributed by atoms with E-state index < -0.39 is 0 Å². The van der Waals surface area contributed by atoms with Crippen LogP contribution in [0.5, 0.6) is 0 Å². The van der Waals surface area contributed by atoms with Gasteiger partial charge in [-0.15, -0.1) is 0 Å². The van der Waals surface area contributed by atoms with Gasteiger partial charge < -0.3 is 0 Å². The molecule has 0 radical (unpaired) electrons. The SMILES string of the molecule is O=C=C(CC1CCCS1)c1ccccc1. The van der Waals surface area contributed by atoms with Gasteiger partial charge >= 0.3 is 0 Å². The molecular weight excluding hydrogens is 204 g/mol. The molecule has 1 heterocycles. The van der Waals surface area contributed by atoms with Crippen molar-refractivity contribution in [3.63, 3.8) is 0 Å². The predicted octanol–water partition coefficient (Wildman–Crippen LogP) is 3.19. The third kappa shape index (κ3) is 2.74. The summed E-state index contributed by atoms with van der Waals surface area (Å²) in [6.07, 6.45) is 3.40. The van der Waals surface area contributed by atoms with Gasteiger partial charge in [-0.25, -0.2) is 4.79 Å². The van der Waals surface area contributed by atoms with Crippen molar-refractivity contribution in [2.75, 3.05) is 5.75 Å². The van der Waals surface area contributed by atoms with Crippen LogP contribution < -0.4 is 0 Å². The molecule has 15 heavy (non-hydrogen) atoms.